The van der Waals surface area contributed by atoms with Crippen molar-refractivity contribution < 1.29 is 14.3 Å². The Morgan fingerprint density at radius 2 is 2.00 bits per heavy atom. The van der Waals surface area contributed by atoms with Crippen LogP contribution in [0.1, 0.15) is 49.0 Å². The van der Waals surface area contributed by atoms with Crippen LogP contribution in [0, 0.1) is 0 Å². The van der Waals surface area contributed by atoms with Crippen LogP contribution in [0.2, 0.25) is 0 Å². The topological polar surface area (TPSA) is 55.4 Å². The highest BCUT2D eigenvalue weighted by atomic mass is 32.2. The van der Waals surface area contributed by atoms with Crippen molar-refractivity contribution in [3.63, 3.8) is 0 Å². The number of allylic oxidation sites excluding steroid dienone is 3. The van der Waals surface area contributed by atoms with Gasteiger partial charge in [-0.05, 0) is 55.7 Å². The molecule has 2 atom stereocenters. The molecule has 0 saturated heterocycles. The Morgan fingerprint density at radius 1 is 1.23 bits per heavy atom. The summed E-state index contributed by atoms with van der Waals surface area (Å²) in [6.45, 7) is 4.00. The first-order valence-electron chi connectivity index (χ1n) is 10.1. The monoisotopic (exact) mass is 439 g/mol. The normalized spacial score (nSPS) is 21.4. The SMILES string of the molecule is CCOC(=O)C1=C(C)NC2=C(C(=O)C[C@@H](c3cccs3)C2)[C@H]1c1ccc(SC)cc1. The summed E-state index contributed by atoms with van der Waals surface area (Å²) < 4.78 is 5.37. The molecule has 2 heterocycles. The van der Waals surface area contributed by atoms with Gasteiger partial charge in [0.1, 0.15) is 0 Å². The van der Waals surface area contributed by atoms with Gasteiger partial charge in [0.2, 0.25) is 0 Å². The number of hydrogen-bond acceptors (Lipinski definition) is 6. The highest BCUT2D eigenvalue weighted by Gasteiger charge is 2.41. The fourth-order valence-corrected chi connectivity index (χ4v) is 5.61. The molecule has 1 aliphatic carbocycles. The largest absolute Gasteiger partial charge is 0.463 e. The van der Waals surface area contributed by atoms with E-state index >= 15 is 0 Å². The van der Waals surface area contributed by atoms with Crippen molar-refractivity contribution in [3.05, 3.63) is 74.8 Å². The van der Waals surface area contributed by atoms with Gasteiger partial charge in [-0.2, -0.15) is 0 Å². The third-order valence-corrected chi connectivity index (χ3v) is 7.50. The first-order valence-corrected chi connectivity index (χ1v) is 12.2. The first kappa shape index (κ1) is 20.9. The highest BCUT2D eigenvalue weighted by Crippen LogP contribution is 2.46. The Morgan fingerprint density at radius 3 is 2.63 bits per heavy atom. The average Bonchev–Trinajstić information content (AvgIpc) is 3.28. The number of ketones is 1. The third-order valence-electron chi connectivity index (χ3n) is 5.72. The second-order valence-electron chi connectivity index (χ2n) is 7.53. The van der Waals surface area contributed by atoms with Crippen LogP contribution >= 0.6 is 23.1 Å². The number of esters is 1. The Hall–Kier alpha value is -2.31. The van der Waals surface area contributed by atoms with E-state index in [4.69, 9.17) is 4.74 Å². The van der Waals surface area contributed by atoms with Crippen LogP contribution in [0.3, 0.4) is 0 Å². The summed E-state index contributed by atoms with van der Waals surface area (Å²) in [5.74, 6) is -0.468. The number of ether oxygens (including phenoxy) is 1. The zero-order chi connectivity index (χ0) is 21.3. The van der Waals surface area contributed by atoms with Gasteiger partial charge in [0.15, 0.2) is 5.78 Å². The number of rotatable bonds is 5. The lowest BCUT2D eigenvalue weighted by Gasteiger charge is -2.36. The number of benzene rings is 1. The number of carbonyl (C=O) groups excluding carboxylic acids is 2. The predicted molar refractivity (Wildman–Crippen MR) is 122 cm³/mol. The molecule has 0 radical (unpaired) electrons. The number of Topliss-reactive ketones (excluding diaryl/α,β-unsaturated/α-hetero) is 1. The fourth-order valence-electron chi connectivity index (χ4n) is 4.37. The first-order chi connectivity index (χ1) is 14.5. The predicted octanol–water partition coefficient (Wildman–Crippen LogP) is 5.39. The van der Waals surface area contributed by atoms with E-state index in [-0.39, 0.29) is 17.7 Å². The van der Waals surface area contributed by atoms with Crippen molar-refractivity contribution in [2.45, 2.75) is 43.4 Å². The number of thioether (sulfide) groups is 1. The molecule has 1 aromatic carbocycles. The van der Waals surface area contributed by atoms with E-state index in [1.807, 2.05) is 43.5 Å². The molecular formula is C24H25NO3S2. The maximum Gasteiger partial charge on any atom is 0.336 e. The van der Waals surface area contributed by atoms with Crippen molar-refractivity contribution in [2.24, 2.45) is 0 Å². The van der Waals surface area contributed by atoms with Crippen LogP contribution in [0.4, 0.5) is 0 Å². The molecule has 1 N–H and O–H groups in total. The molecule has 4 rings (SSSR count). The Kier molecular flexibility index (Phi) is 6.16. The minimum atomic E-state index is -0.395. The Bertz CT molecular complexity index is 1020. The third kappa shape index (κ3) is 3.86. The van der Waals surface area contributed by atoms with Crippen molar-refractivity contribution in [2.75, 3.05) is 12.9 Å². The summed E-state index contributed by atoms with van der Waals surface area (Å²) in [5, 5.41) is 5.44. The van der Waals surface area contributed by atoms with Crippen LogP contribution in [-0.2, 0) is 14.3 Å². The summed E-state index contributed by atoms with van der Waals surface area (Å²) in [7, 11) is 0. The maximum atomic E-state index is 13.4. The average molecular weight is 440 g/mol. The molecule has 2 aliphatic rings. The molecular weight excluding hydrogens is 414 g/mol. The van der Waals surface area contributed by atoms with Gasteiger partial charge in [-0.3, -0.25) is 4.79 Å². The van der Waals surface area contributed by atoms with Crippen molar-refractivity contribution >= 4 is 34.9 Å². The van der Waals surface area contributed by atoms with Gasteiger partial charge in [-0.25, -0.2) is 4.79 Å². The second kappa shape index (κ2) is 8.82. The lowest BCUT2D eigenvalue weighted by Crippen LogP contribution is -2.36. The van der Waals surface area contributed by atoms with Crippen LogP contribution in [0.25, 0.3) is 0 Å². The molecule has 0 bridgehead atoms. The lowest BCUT2D eigenvalue weighted by molar-refractivity contribution is -0.138. The van der Waals surface area contributed by atoms with Crippen LogP contribution < -0.4 is 5.32 Å². The Balaban J connectivity index is 1.80. The number of carbonyl (C=O) groups is 2. The van der Waals surface area contributed by atoms with E-state index in [0.29, 0.717) is 24.2 Å². The fraction of sp³-hybridized carbons (Fsp3) is 0.333. The molecule has 4 nitrogen and oxygen atoms in total. The van der Waals surface area contributed by atoms with Gasteiger partial charge >= 0.3 is 5.97 Å². The molecule has 0 saturated carbocycles. The summed E-state index contributed by atoms with van der Waals surface area (Å²) in [6.07, 6.45) is 3.27. The van der Waals surface area contributed by atoms with E-state index in [2.05, 4.69) is 16.8 Å². The lowest BCUT2D eigenvalue weighted by atomic mass is 9.72. The zero-order valence-corrected chi connectivity index (χ0v) is 19.0. The summed E-state index contributed by atoms with van der Waals surface area (Å²) in [4.78, 5) is 28.7. The number of nitrogens with one attached hydrogen (secondary N) is 1. The smallest absolute Gasteiger partial charge is 0.336 e. The summed E-state index contributed by atoms with van der Waals surface area (Å²) in [6, 6.07) is 12.3. The number of dihydropyridines is 1. The quantitative estimate of drug-likeness (QED) is 0.500. The second-order valence-corrected chi connectivity index (χ2v) is 9.39. The van der Waals surface area contributed by atoms with E-state index < -0.39 is 5.92 Å². The van der Waals surface area contributed by atoms with E-state index in [1.54, 1.807) is 30.0 Å². The molecule has 30 heavy (non-hydrogen) atoms. The standard InChI is InChI=1S/C24H25NO3S2/c1-4-28-24(27)21-14(2)25-18-12-16(20-6-5-11-30-20)13-19(26)23(18)22(21)15-7-9-17(29-3)10-8-15/h5-11,16,22,25H,4,12-13H2,1-3H3/t16-,22-/m0/s1. The van der Waals surface area contributed by atoms with E-state index in [9.17, 15) is 9.59 Å². The molecule has 1 aliphatic heterocycles. The van der Waals surface area contributed by atoms with Gasteiger partial charge in [0.05, 0.1) is 12.2 Å². The molecule has 0 unspecified atom stereocenters. The molecule has 0 amide bonds. The minimum Gasteiger partial charge on any atom is -0.463 e. The highest BCUT2D eigenvalue weighted by molar-refractivity contribution is 7.98. The molecule has 0 fully saturated rings. The number of thiophene rings is 1. The molecule has 0 spiro atoms. The molecule has 2 aromatic rings. The van der Waals surface area contributed by atoms with E-state index in [1.165, 1.54) is 4.88 Å². The molecule has 6 heteroatoms. The minimum absolute atomic E-state index is 0.107. The van der Waals surface area contributed by atoms with Gasteiger partial charge in [0.25, 0.3) is 0 Å². The van der Waals surface area contributed by atoms with Crippen LogP contribution in [0.15, 0.2) is 69.2 Å². The van der Waals surface area contributed by atoms with Crippen LogP contribution in [0.5, 0.6) is 0 Å². The Labute approximate surface area is 185 Å². The van der Waals surface area contributed by atoms with E-state index in [0.717, 1.165) is 28.3 Å². The zero-order valence-electron chi connectivity index (χ0n) is 17.4. The molecule has 1 aromatic heterocycles. The van der Waals surface area contributed by atoms with Gasteiger partial charge < -0.3 is 10.1 Å². The van der Waals surface area contributed by atoms with Crippen molar-refractivity contribution in [1.82, 2.24) is 5.32 Å². The van der Waals surface area contributed by atoms with Crippen molar-refractivity contribution in [3.8, 4) is 0 Å². The van der Waals surface area contributed by atoms with Gasteiger partial charge in [-0.15, -0.1) is 23.1 Å². The molecule has 156 valence electrons. The van der Waals surface area contributed by atoms with Gasteiger partial charge in [0, 0.05) is 45.0 Å². The maximum absolute atomic E-state index is 13.4. The summed E-state index contributed by atoms with van der Waals surface area (Å²) in [5.41, 5.74) is 3.91. The number of hydrogen-bond donors (Lipinski definition) is 1. The van der Waals surface area contributed by atoms with Crippen LogP contribution in [-0.4, -0.2) is 24.6 Å². The summed E-state index contributed by atoms with van der Waals surface area (Å²) >= 11 is 3.36. The van der Waals surface area contributed by atoms with Gasteiger partial charge in [-0.1, -0.05) is 18.2 Å². The van der Waals surface area contributed by atoms with Crippen molar-refractivity contribution in [1.29, 1.82) is 0 Å².